The molecule has 2 heterocycles. The number of ether oxygens (including phenoxy) is 1. The van der Waals surface area contributed by atoms with Crippen molar-refractivity contribution in [3.8, 4) is 0 Å². The number of nitrogens with one attached hydrogen (secondary N) is 1. The van der Waals surface area contributed by atoms with Crippen molar-refractivity contribution in [2.24, 2.45) is 11.7 Å². The molecule has 0 spiro atoms. The van der Waals surface area contributed by atoms with Gasteiger partial charge < -0.3 is 15.8 Å². The molecule has 0 radical (unpaired) electrons. The van der Waals surface area contributed by atoms with E-state index < -0.39 is 5.91 Å². The maximum absolute atomic E-state index is 11.2. The molecule has 1 fully saturated rings. The van der Waals surface area contributed by atoms with Crippen molar-refractivity contribution in [2.45, 2.75) is 25.9 Å². The molecule has 2 aromatic rings. The number of amides is 1. The fourth-order valence-corrected chi connectivity index (χ4v) is 3.34. The van der Waals surface area contributed by atoms with E-state index in [9.17, 15) is 4.79 Å². The van der Waals surface area contributed by atoms with Crippen molar-refractivity contribution < 1.29 is 9.53 Å². The molecule has 25 heavy (non-hydrogen) atoms. The Morgan fingerprint density at radius 3 is 2.84 bits per heavy atom. The lowest BCUT2D eigenvalue weighted by atomic mass is 9.89. The average Bonchev–Trinajstić information content (AvgIpc) is 2.61. The molecule has 132 valence electrons. The number of aryl methyl sites for hydroxylation is 1. The number of aromatic nitrogens is 1. The fraction of sp³-hybridized carbons (Fsp3) is 0.368. The molecular formula is C19H22ClN3O2. The molecule has 5 nitrogen and oxygen atoms in total. The third kappa shape index (κ3) is 4.30. The summed E-state index contributed by atoms with van der Waals surface area (Å²) in [5.74, 6) is 0.339. The second-order valence-corrected chi connectivity index (χ2v) is 6.81. The Kier molecular flexibility index (Phi) is 5.56. The third-order valence-corrected chi connectivity index (χ3v) is 4.80. The Bertz CT molecular complexity index is 749. The Labute approximate surface area is 152 Å². The molecule has 1 saturated heterocycles. The van der Waals surface area contributed by atoms with E-state index in [1.165, 1.54) is 23.4 Å². The molecule has 1 amide bonds. The second kappa shape index (κ2) is 7.85. The number of rotatable bonds is 5. The summed E-state index contributed by atoms with van der Waals surface area (Å²) >= 11 is 6.20. The van der Waals surface area contributed by atoms with Crippen LogP contribution in [0.5, 0.6) is 0 Å². The van der Waals surface area contributed by atoms with Crippen molar-refractivity contribution in [3.05, 3.63) is 58.2 Å². The Morgan fingerprint density at radius 1 is 1.40 bits per heavy atom. The van der Waals surface area contributed by atoms with Gasteiger partial charge in [0.25, 0.3) is 0 Å². The fourth-order valence-electron chi connectivity index (χ4n) is 3.11. The highest BCUT2D eigenvalue weighted by atomic mass is 35.5. The summed E-state index contributed by atoms with van der Waals surface area (Å²) in [5, 5.41) is 3.67. The van der Waals surface area contributed by atoms with Crippen molar-refractivity contribution in [3.63, 3.8) is 0 Å². The van der Waals surface area contributed by atoms with E-state index in [1.54, 1.807) is 0 Å². The topological polar surface area (TPSA) is 77.2 Å². The zero-order valence-corrected chi connectivity index (χ0v) is 14.9. The highest BCUT2D eigenvalue weighted by Crippen LogP contribution is 2.34. The van der Waals surface area contributed by atoms with Gasteiger partial charge in [0.2, 0.25) is 5.91 Å². The predicted octanol–water partition coefficient (Wildman–Crippen LogP) is 3.72. The highest BCUT2D eigenvalue weighted by molar-refractivity contribution is 6.33. The summed E-state index contributed by atoms with van der Waals surface area (Å²) in [6, 6.07) is 10.0. The summed E-state index contributed by atoms with van der Waals surface area (Å²) in [5.41, 5.74) is 7.97. The number of benzene rings is 1. The SMILES string of the molecule is Cc1ccc(C2OCCCC2CNc2ncc(C(N)=O)cc2Cl)cc1. The number of nitrogens with zero attached hydrogens (tertiary/aromatic N) is 1. The van der Waals surface area contributed by atoms with Crippen molar-refractivity contribution in [1.82, 2.24) is 4.98 Å². The summed E-state index contributed by atoms with van der Waals surface area (Å²) in [6.07, 6.45) is 3.61. The second-order valence-electron chi connectivity index (χ2n) is 6.40. The van der Waals surface area contributed by atoms with Crippen molar-refractivity contribution >= 4 is 23.3 Å². The van der Waals surface area contributed by atoms with Gasteiger partial charge in [0.05, 0.1) is 16.7 Å². The largest absolute Gasteiger partial charge is 0.373 e. The van der Waals surface area contributed by atoms with Gasteiger partial charge in [-0.1, -0.05) is 41.4 Å². The minimum atomic E-state index is -0.541. The number of primary amides is 1. The van der Waals surface area contributed by atoms with Crippen LogP contribution in [0.2, 0.25) is 5.02 Å². The van der Waals surface area contributed by atoms with Crippen LogP contribution in [0.25, 0.3) is 0 Å². The van der Waals surface area contributed by atoms with Crippen LogP contribution in [0, 0.1) is 12.8 Å². The third-order valence-electron chi connectivity index (χ3n) is 4.51. The van der Waals surface area contributed by atoms with Crippen LogP contribution in [0.4, 0.5) is 5.82 Å². The number of carbonyl (C=O) groups is 1. The Balaban J connectivity index is 1.70. The van der Waals surface area contributed by atoms with Crippen LogP contribution >= 0.6 is 11.6 Å². The lowest BCUT2D eigenvalue weighted by molar-refractivity contribution is -0.0238. The molecule has 1 aliphatic rings. The van der Waals surface area contributed by atoms with Crippen LogP contribution in [0.3, 0.4) is 0 Å². The Morgan fingerprint density at radius 2 is 2.16 bits per heavy atom. The number of pyridine rings is 1. The number of hydrogen-bond acceptors (Lipinski definition) is 4. The van der Waals surface area contributed by atoms with Gasteiger partial charge in [0.1, 0.15) is 5.82 Å². The first-order valence-corrected chi connectivity index (χ1v) is 8.80. The molecule has 1 aromatic heterocycles. The minimum Gasteiger partial charge on any atom is -0.373 e. The van der Waals surface area contributed by atoms with Gasteiger partial charge in [-0.15, -0.1) is 0 Å². The number of nitrogens with two attached hydrogens (primary N) is 1. The number of halogens is 1. The first-order chi connectivity index (χ1) is 12.0. The summed E-state index contributed by atoms with van der Waals surface area (Å²) in [4.78, 5) is 15.4. The number of hydrogen-bond donors (Lipinski definition) is 2. The lowest BCUT2D eigenvalue weighted by Crippen LogP contribution is -2.28. The summed E-state index contributed by atoms with van der Waals surface area (Å²) in [7, 11) is 0. The quantitative estimate of drug-likeness (QED) is 0.852. The zero-order chi connectivity index (χ0) is 17.8. The smallest absolute Gasteiger partial charge is 0.250 e. The normalized spacial score (nSPS) is 20.2. The molecule has 3 N–H and O–H groups in total. The first-order valence-electron chi connectivity index (χ1n) is 8.42. The molecule has 1 aromatic carbocycles. The molecular weight excluding hydrogens is 338 g/mol. The number of anilines is 1. The molecule has 1 aliphatic heterocycles. The van der Waals surface area contributed by atoms with Crippen LogP contribution in [-0.2, 0) is 4.74 Å². The van der Waals surface area contributed by atoms with Crippen LogP contribution in [0.15, 0.2) is 36.5 Å². The lowest BCUT2D eigenvalue weighted by Gasteiger charge is -2.32. The zero-order valence-electron chi connectivity index (χ0n) is 14.2. The van der Waals surface area contributed by atoms with Gasteiger partial charge in [0.15, 0.2) is 0 Å². The number of carbonyl (C=O) groups excluding carboxylic acids is 1. The molecule has 0 bridgehead atoms. The Hall–Kier alpha value is -2.11. The highest BCUT2D eigenvalue weighted by Gasteiger charge is 2.27. The minimum absolute atomic E-state index is 0.0607. The van der Waals surface area contributed by atoms with E-state index in [-0.39, 0.29) is 6.10 Å². The van der Waals surface area contributed by atoms with Gasteiger partial charge >= 0.3 is 0 Å². The first kappa shape index (κ1) is 17.7. The van der Waals surface area contributed by atoms with Gasteiger partial charge in [-0.25, -0.2) is 4.98 Å². The molecule has 2 unspecified atom stereocenters. The molecule has 2 atom stereocenters. The molecule has 0 aliphatic carbocycles. The van der Waals surface area contributed by atoms with Crippen molar-refractivity contribution in [1.29, 1.82) is 0 Å². The standard InChI is InChI=1S/C19H22ClN3O2/c1-12-4-6-13(7-5-12)17-14(3-2-8-25-17)10-22-19-16(20)9-15(11-23-19)18(21)24/h4-7,9,11,14,17H,2-3,8,10H2,1H3,(H2,21,24)(H,22,23). The van der Waals surface area contributed by atoms with E-state index in [0.717, 1.165) is 19.4 Å². The maximum Gasteiger partial charge on any atom is 0.250 e. The van der Waals surface area contributed by atoms with Crippen LogP contribution in [-0.4, -0.2) is 24.0 Å². The predicted molar refractivity (Wildman–Crippen MR) is 98.9 cm³/mol. The van der Waals surface area contributed by atoms with E-state index in [2.05, 4.69) is 41.5 Å². The molecule has 3 rings (SSSR count). The maximum atomic E-state index is 11.2. The molecule has 0 saturated carbocycles. The van der Waals surface area contributed by atoms with Gasteiger partial charge in [-0.05, 0) is 31.4 Å². The van der Waals surface area contributed by atoms with Crippen LogP contribution in [0.1, 0.15) is 40.4 Å². The van der Waals surface area contributed by atoms with E-state index >= 15 is 0 Å². The van der Waals surface area contributed by atoms with Gasteiger partial charge in [0, 0.05) is 25.3 Å². The van der Waals surface area contributed by atoms with Crippen molar-refractivity contribution in [2.75, 3.05) is 18.5 Å². The van der Waals surface area contributed by atoms with E-state index in [1.807, 2.05) is 0 Å². The average molecular weight is 360 g/mol. The summed E-state index contributed by atoms with van der Waals surface area (Å²) < 4.78 is 6.03. The van der Waals surface area contributed by atoms with E-state index in [0.29, 0.717) is 28.9 Å². The van der Waals surface area contributed by atoms with E-state index in [4.69, 9.17) is 22.1 Å². The molecule has 6 heteroatoms. The van der Waals surface area contributed by atoms with Gasteiger partial charge in [-0.2, -0.15) is 0 Å². The monoisotopic (exact) mass is 359 g/mol. The van der Waals surface area contributed by atoms with Gasteiger partial charge in [-0.3, -0.25) is 4.79 Å². The summed E-state index contributed by atoms with van der Waals surface area (Å²) in [6.45, 7) is 3.55. The van der Waals surface area contributed by atoms with Crippen LogP contribution < -0.4 is 11.1 Å².